The first-order valence-electron chi connectivity index (χ1n) is 7.41. The van der Waals surface area contributed by atoms with Crippen LogP contribution < -0.4 is 16.2 Å². The van der Waals surface area contributed by atoms with Gasteiger partial charge in [-0.25, -0.2) is 4.79 Å². The smallest absolute Gasteiger partial charge is 0.315 e. The highest BCUT2D eigenvalue weighted by Crippen LogP contribution is 2.10. The molecule has 0 saturated heterocycles. The molecule has 23 heavy (non-hydrogen) atoms. The van der Waals surface area contributed by atoms with Crippen molar-refractivity contribution in [2.24, 2.45) is 0 Å². The quantitative estimate of drug-likeness (QED) is 0.787. The molecule has 0 spiro atoms. The lowest BCUT2D eigenvalue weighted by Gasteiger charge is -2.09. The van der Waals surface area contributed by atoms with E-state index in [1.54, 1.807) is 0 Å². The number of halogens is 1. The number of aryl methyl sites for hydroxylation is 2. The van der Waals surface area contributed by atoms with Crippen molar-refractivity contribution >= 4 is 17.6 Å². The average molecular weight is 334 g/mol. The zero-order valence-corrected chi connectivity index (χ0v) is 14.0. The summed E-state index contributed by atoms with van der Waals surface area (Å²) in [6, 6.07) is 9.11. The highest BCUT2D eigenvalue weighted by Gasteiger charge is 2.07. The third-order valence-electron chi connectivity index (χ3n) is 3.51. The molecule has 0 aliphatic rings. The number of pyridine rings is 1. The van der Waals surface area contributed by atoms with Crippen molar-refractivity contribution < 1.29 is 4.79 Å². The molecule has 0 radical (unpaired) electrons. The highest BCUT2D eigenvalue weighted by atomic mass is 35.5. The van der Waals surface area contributed by atoms with E-state index in [0.717, 1.165) is 16.8 Å². The first-order valence-corrected chi connectivity index (χ1v) is 7.79. The van der Waals surface area contributed by atoms with E-state index in [1.807, 2.05) is 44.2 Å². The zero-order valence-electron chi connectivity index (χ0n) is 13.2. The van der Waals surface area contributed by atoms with Gasteiger partial charge >= 0.3 is 6.03 Å². The predicted molar refractivity (Wildman–Crippen MR) is 91.9 cm³/mol. The molecule has 5 nitrogen and oxygen atoms in total. The number of carbonyl (C=O) groups excluding carboxylic acids is 1. The Balaban J connectivity index is 1.81. The molecule has 0 bridgehead atoms. The summed E-state index contributed by atoms with van der Waals surface area (Å²) in [6.45, 7) is 4.38. The molecule has 0 atom stereocenters. The van der Waals surface area contributed by atoms with Crippen molar-refractivity contribution in [2.45, 2.75) is 26.8 Å². The van der Waals surface area contributed by atoms with E-state index in [0.29, 0.717) is 23.6 Å². The van der Waals surface area contributed by atoms with Crippen molar-refractivity contribution in [2.75, 3.05) is 6.54 Å². The van der Waals surface area contributed by atoms with Crippen LogP contribution in [0.5, 0.6) is 0 Å². The SMILES string of the molecule is Cc1cc(C)c(CNC(=O)NCCc2cccc(Cl)c2)c(=O)[nH]1. The van der Waals surface area contributed by atoms with E-state index in [2.05, 4.69) is 15.6 Å². The molecule has 1 heterocycles. The van der Waals surface area contributed by atoms with Crippen molar-refractivity contribution in [3.8, 4) is 0 Å². The summed E-state index contributed by atoms with van der Waals surface area (Å²) in [5, 5.41) is 6.15. The summed E-state index contributed by atoms with van der Waals surface area (Å²) in [6.07, 6.45) is 0.693. The molecule has 1 aromatic carbocycles. The molecule has 122 valence electrons. The number of rotatable bonds is 5. The number of nitrogens with one attached hydrogen (secondary N) is 3. The van der Waals surface area contributed by atoms with Gasteiger partial charge in [0.05, 0.1) is 6.54 Å². The number of urea groups is 1. The molecule has 2 rings (SSSR count). The summed E-state index contributed by atoms with van der Waals surface area (Å²) >= 11 is 5.91. The Hall–Kier alpha value is -2.27. The number of hydrogen-bond donors (Lipinski definition) is 3. The largest absolute Gasteiger partial charge is 0.338 e. The Morgan fingerprint density at radius 1 is 1.22 bits per heavy atom. The van der Waals surface area contributed by atoms with E-state index < -0.39 is 0 Å². The second kappa shape index (κ2) is 7.83. The van der Waals surface area contributed by atoms with Gasteiger partial charge in [-0.1, -0.05) is 23.7 Å². The van der Waals surface area contributed by atoms with E-state index >= 15 is 0 Å². The monoisotopic (exact) mass is 333 g/mol. The molecule has 6 heteroatoms. The van der Waals surface area contributed by atoms with Crippen LogP contribution >= 0.6 is 11.6 Å². The van der Waals surface area contributed by atoms with Crippen LogP contribution in [0.25, 0.3) is 0 Å². The van der Waals surface area contributed by atoms with Gasteiger partial charge in [0.1, 0.15) is 0 Å². The molecular formula is C17H20ClN3O2. The second-order valence-corrected chi connectivity index (χ2v) is 5.87. The van der Waals surface area contributed by atoms with Gasteiger partial charge in [0.15, 0.2) is 0 Å². The maximum Gasteiger partial charge on any atom is 0.315 e. The van der Waals surface area contributed by atoms with Gasteiger partial charge in [0.2, 0.25) is 0 Å². The van der Waals surface area contributed by atoms with Crippen LogP contribution in [0.2, 0.25) is 5.02 Å². The van der Waals surface area contributed by atoms with Crippen molar-refractivity contribution in [3.05, 3.63) is 68.1 Å². The lowest BCUT2D eigenvalue weighted by Crippen LogP contribution is -2.37. The number of aromatic amines is 1. The summed E-state index contributed by atoms with van der Waals surface area (Å²) < 4.78 is 0. The van der Waals surface area contributed by atoms with Gasteiger partial charge in [-0.3, -0.25) is 4.79 Å². The van der Waals surface area contributed by atoms with Gasteiger partial charge < -0.3 is 15.6 Å². The molecule has 0 aliphatic carbocycles. The number of hydrogen-bond acceptors (Lipinski definition) is 2. The van der Waals surface area contributed by atoms with Crippen LogP contribution in [0.15, 0.2) is 35.1 Å². The maximum atomic E-state index is 11.9. The van der Waals surface area contributed by atoms with E-state index in [-0.39, 0.29) is 18.1 Å². The molecule has 1 aromatic heterocycles. The highest BCUT2D eigenvalue weighted by molar-refractivity contribution is 6.30. The minimum atomic E-state index is -0.300. The Kier molecular flexibility index (Phi) is 5.82. The normalized spacial score (nSPS) is 10.4. The molecule has 0 unspecified atom stereocenters. The molecule has 0 fully saturated rings. The van der Waals surface area contributed by atoms with Crippen LogP contribution in [0.3, 0.4) is 0 Å². The third-order valence-corrected chi connectivity index (χ3v) is 3.74. The summed E-state index contributed by atoms with van der Waals surface area (Å²) in [5.74, 6) is 0. The number of aromatic nitrogens is 1. The van der Waals surface area contributed by atoms with E-state index in [1.165, 1.54) is 0 Å². The lowest BCUT2D eigenvalue weighted by atomic mass is 10.1. The van der Waals surface area contributed by atoms with Gasteiger partial charge in [-0.05, 0) is 49.6 Å². The standard InChI is InChI=1S/C17H20ClN3O2/c1-11-8-12(2)21-16(22)15(11)10-20-17(23)19-7-6-13-4-3-5-14(18)9-13/h3-5,8-9H,6-7,10H2,1-2H3,(H,21,22)(H2,19,20,23). The van der Waals surface area contributed by atoms with Crippen LogP contribution in [-0.2, 0) is 13.0 Å². The summed E-state index contributed by atoms with van der Waals surface area (Å²) in [7, 11) is 0. The van der Waals surface area contributed by atoms with Crippen LogP contribution in [-0.4, -0.2) is 17.6 Å². The molecular weight excluding hydrogens is 314 g/mol. The number of benzene rings is 1. The minimum absolute atomic E-state index is 0.165. The van der Waals surface area contributed by atoms with Crippen LogP contribution in [0.4, 0.5) is 4.79 Å². The molecule has 0 aliphatic heterocycles. The van der Waals surface area contributed by atoms with Crippen molar-refractivity contribution in [1.29, 1.82) is 0 Å². The minimum Gasteiger partial charge on any atom is -0.338 e. The number of carbonyl (C=O) groups is 1. The second-order valence-electron chi connectivity index (χ2n) is 5.43. The molecule has 0 saturated carbocycles. The Bertz CT molecular complexity index is 756. The Morgan fingerprint density at radius 3 is 2.70 bits per heavy atom. The summed E-state index contributed by atoms with van der Waals surface area (Å²) in [5.41, 5.74) is 3.14. The fraction of sp³-hybridized carbons (Fsp3) is 0.294. The fourth-order valence-electron chi connectivity index (χ4n) is 2.35. The molecule has 3 N–H and O–H groups in total. The Labute approximate surface area is 140 Å². The van der Waals surface area contributed by atoms with Crippen molar-refractivity contribution in [1.82, 2.24) is 15.6 Å². The van der Waals surface area contributed by atoms with Crippen LogP contribution in [0.1, 0.15) is 22.4 Å². The lowest BCUT2D eigenvalue weighted by molar-refractivity contribution is 0.240. The maximum absolute atomic E-state index is 11.9. The van der Waals surface area contributed by atoms with Crippen molar-refractivity contribution in [3.63, 3.8) is 0 Å². The molecule has 2 amide bonds. The molecule has 2 aromatic rings. The van der Waals surface area contributed by atoms with Gasteiger partial charge in [0, 0.05) is 22.8 Å². The number of H-pyrrole nitrogens is 1. The third kappa shape index (κ3) is 5.14. The zero-order chi connectivity index (χ0) is 16.8. The Morgan fingerprint density at radius 2 is 2.00 bits per heavy atom. The number of amides is 2. The predicted octanol–water partition coefficient (Wildman–Crippen LogP) is 2.69. The van der Waals surface area contributed by atoms with Gasteiger partial charge in [-0.15, -0.1) is 0 Å². The first-order chi connectivity index (χ1) is 11.0. The first kappa shape index (κ1) is 17.1. The topological polar surface area (TPSA) is 74.0 Å². The fourth-order valence-corrected chi connectivity index (χ4v) is 2.56. The van der Waals surface area contributed by atoms with Gasteiger partial charge in [-0.2, -0.15) is 0 Å². The van der Waals surface area contributed by atoms with Crippen LogP contribution in [0, 0.1) is 13.8 Å². The van der Waals surface area contributed by atoms with E-state index in [4.69, 9.17) is 11.6 Å². The van der Waals surface area contributed by atoms with E-state index in [9.17, 15) is 9.59 Å². The van der Waals surface area contributed by atoms with Gasteiger partial charge in [0.25, 0.3) is 5.56 Å². The average Bonchev–Trinajstić information content (AvgIpc) is 2.46. The summed E-state index contributed by atoms with van der Waals surface area (Å²) in [4.78, 5) is 26.4.